The van der Waals surface area contributed by atoms with Crippen LogP contribution in [0.3, 0.4) is 0 Å². The molecule has 0 aromatic heterocycles. The lowest BCUT2D eigenvalue weighted by Gasteiger charge is -2.15. The first-order chi connectivity index (χ1) is 13.0. The minimum Gasteiger partial charge on any atom is -0.457 e. The third-order valence-corrected chi connectivity index (χ3v) is 3.56. The van der Waals surface area contributed by atoms with Crippen LogP contribution >= 0.6 is 12.2 Å². The van der Waals surface area contributed by atoms with Gasteiger partial charge in [0.25, 0.3) is 0 Å². The van der Waals surface area contributed by atoms with Crippen molar-refractivity contribution in [2.45, 2.75) is 12.4 Å². The SMILES string of the molecule is C=CCNC(=S)Nc1ccc(Oc2cc(C(F)(F)F)cc(C(F)(F)F)c2)cc1. The zero-order valence-electron chi connectivity index (χ0n) is 14.1. The van der Waals surface area contributed by atoms with E-state index in [4.69, 9.17) is 17.0 Å². The summed E-state index contributed by atoms with van der Waals surface area (Å²) >= 11 is 5.02. The molecule has 0 aliphatic rings. The summed E-state index contributed by atoms with van der Waals surface area (Å²) in [5, 5.41) is 6.00. The van der Waals surface area contributed by atoms with Gasteiger partial charge in [-0.3, -0.25) is 0 Å². The van der Waals surface area contributed by atoms with Crippen molar-refractivity contribution in [2.75, 3.05) is 11.9 Å². The van der Waals surface area contributed by atoms with Crippen LogP contribution in [-0.2, 0) is 12.4 Å². The van der Waals surface area contributed by atoms with E-state index in [1.807, 2.05) is 0 Å². The molecular formula is C18H14F6N2OS. The van der Waals surface area contributed by atoms with Crippen molar-refractivity contribution in [3.63, 3.8) is 0 Å². The molecule has 0 bridgehead atoms. The Hall–Kier alpha value is -2.75. The Morgan fingerprint density at radius 1 is 0.929 bits per heavy atom. The van der Waals surface area contributed by atoms with Crippen molar-refractivity contribution in [2.24, 2.45) is 0 Å². The summed E-state index contributed by atoms with van der Waals surface area (Å²) in [5.41, 5.74) is -2.35. The van der Waals surface area contributed by atoms with E-state index in [0.29, 0.717) is 29.5 Å². The molecule has 3 nitrogen and oxygen atoms in total. The van der Waals surface area contributed by atoms with Crippen LogP contribution in [0.15, 0.2) is 55.1 Å². The van der Waals surface area contributed by atoms with Crippen molar-refractivity contribution >= 4 is 23.0 Å². The van der Waals surface area contributed by atoms with Gasteiger partial charge >= 0.3 is 12.4 Å². The van der Waals surface area contributed by atoms with Gasteiger partial charge in [0, 0.05) is 12.2 Å². The van der Waals surface area contributed by atoms with Crippen LogP contribution in [0.1, 0.15) is 11.1 Å². The first kappa shape index (κ1) is 21.5. The van der Waals surface area contributed by atoms with E-state index >= 15 is 0 Å². The van der Waals surface area contributed by atoms with Gasteiger partial charge in [-0.2, -0.15) is 26.3 Å². The molecule has 0 saturated heterocycles. The van der Waals surface area contributed by atoms with Gasteiger partial charge in [-0.05, 0) is 54.7 Å². The second kappa shape index (κ2) is 8.51. The van der Waals surface area contributed by atoms with Gasteiger partial charge in [0.2, 0.25) is 0 Å². The van der Waals surface area contributed by atoms with Crippen molar-refractivity contribution in [3.05, 3.63) is 66.2 Å². The van der Waals surface area contributed by atoms with Gasteiger partial charge in [-0.25, -0.2) is 0 Å². The molecule has 2 rings (SSSR count). The minimum absolute atomic E-state index is 0.0388. The minimum atomic E-state index is -4.94. The van der Waals surface area contributed by atoms with Crippen LogP contribution in [0.5, 0.6) is 11.5 Å². The number of hydrogen-bond acceptors (Lipinski definition) is 2. The molecule has 2 aromatic carbocycles. The standard InChI is InChI=1S/C18H14F6N2OS/c1-2-7-25-16(28)26-13-3-5-14(6-4-13)27-15-9-11(17(19,20)21)8-12(10-15)18(22,23)24/h2-6,8-10H,1,7H2,(H2,25,26,28). The summed E-state index contributed by atoms with van der Waals surface area (Å²) < 4.78 is 82.5. The quantitative estimate of drug-likeness (QED) is 0.354. The summed E-state index contributed by atoms with van der Waals surface area (Å²) in [6.45, 7) is 3.98. The number of ether oxygens (including phenoxy) is 1. The fourth-order valence-electron chi connectivity index (χ4n) is 2.07. The van der Waals surface area contributed by atoms with Gasteiger partial charge < -0.3 is 15.4 Å². The lowest BCUT2D eigenvalue weighted by atomic mass is 10.1. The molecule has 0 aliphatic carbocycles. The number of thiocarbonyl (C=S) groups is 1. The van der Waals surface area contributed by atoms with Crippen molar-refractivity contribution in [1.29, 1.82) is 0 Å². The molecule has 0 unspecified atom stereocenters. The average molecular weight is 420 g/mol. The Labute approximate surface area is 162 Å². The maximum atomic E-state index is 12.9. The van der Waals surface area contributed by atoms with Gasteiger partial charge in [0.05, 0.1) is 11.1 Å². The van der Waals surface area contributed by atoms with Gasteiger partial charge in [-0.1, -0.05) is 6.08 Å². The molecular weight excluding hydrogens is 406 g/mol. The van der Waals surface area contributed by atoms with Crippen LogP contribution in [0, 0.1) is 0 Å². The smallest absolute Gasteiger partial charge is 0.416 e. The number of hydrogen-bond donors (Lipinski definition) is 2. The third kappa shape index (κ3) is 6.15. The largest absolute Gasteiger partial charge is 0.457 e. The van der Waals surface area contributed by atoms with Crippen LogP contribution in [0.2, 0.25) is 0 Å². The first-order valence-corrected chi connectivity index (χ1v) is 8.13. The fourth-order valence-corrected chi connectivity index (χ4v) is 2.27. The van der Waals surface area contributed by atoms with Gasteiger partial charge in [0.15, 0.2) is 5.11 Å². The second-order valence-electron chi connectivity index (χ2n) is 5.49. The Morgan fingerprint density at radius 3 is 1.93 bits per heavy atom. The molecule has 2 N–H and O–H groups in total. The molecule has 0 saturated carbocycles. The monoisotopic (exact) mass is 420 g/mol. The predicted molar refractivity (Wildman–Crippen MR) is 97.4 cm³/mol. The molecule has 0 heterocycles. The highest BCUT2D eigenvalue weighted by Crippen LogP contribution is 2.39. The topological polar surface area (TPSA) is 33.3 Å². The Morgan fingerprint density at radius 2 is 1.46 bits per heavy atom. The summed E-state index contributed by atoms with van der Waals surface area (Å²) in [6.07, 6.45) is -8.28. The first-order valence-electron chi connectivity index (χ1n) is 7.72. The highest BCUT2D eigenvalue weighted by atomic mass is 32.1. The van der Waals surface area contributed by atoms with E-state index in [0.717, 1.165) is 0 Å². The van der Waals surface area contributed by atoms with E-state index in [1.165, 1.54) is 24.3 Å². The van der Waals surface area contributed by atoms with E-state index in [9.17, 15) is 26.3 Å². The Bertz CT molecular complexity index is 814. The lowest BCUT2D eigenvalue weighted by molar-refractivity contribution is -0.143. The van der Waals surface area contributed by atoms with Crippen molar-refractivity contribution in [3.8, 4) is 11.5 Å². The van der Waals surface area contributed by atoms with Crippen LogP contribution in [-0.4, -0.2) is 11.7 Å². The van der Waals surface area contributed by atoms with E-state index in [-0.39, 0.29) is 11.8 Å². The third-order valence-electron chi connectivity index (χ3n) is 3.32. The molecule has 0 atom stereocenters. The van der Waals surface area contributed by atoms with E-state index in [1.54, 1.807) is 6.08 Å². The number of benzene rings is 2. The molecule has 150 valence electrons. The molecule has 2 aromatic rings. The van der Waals surface area contributed by atoms with Crippen LogP contribution in [0.25, 0.3) is 0 Å². The fraction of sp³-hybridized carbons (Fsp3) is 0.167. The van der Waals surface area contributed by atoms with Crippen LogP contribution in [0.4, 0.5) is 32.0 Å². The van der Waals surface area contributed by atoms with E-state index in [2.05, 4.69) is 17.2 Å². The molecule has 0 spiro atoms. The summed E-state index contributed by atoms with van der Waals surface area (Å²) in [4.78, 5) is 0. The van der Waals surface area contributed by atoms with Crippen molar-refractivity contribution in [1.82, 2.24) is 5.32 Å². The Kier molecular flexibility index (Phi) is 6.55. The van der Waals surface area contributed by atoms with Gasteiger partial charge in [-0.15, -0.1) is 6.58 Å². The second-order valence-corrected chi connectivity index (χ2v) is 5.90. The predicted octanol–water partition coefficient (Wildman–Crippen LogP) is 5.99. The van der Waals surface area contributed by atoms with E-state index < -0.39 is 29.2 Å². The van der Waals surface area contributed by atoms with Crippen LogP contribution < -0.4 is 15.4 Å². The maximum Gasteiger partial charge on any atom is 0.416 e. The number of alkyl halides is 6. The molecule has 0 radical (unpaired) electrons. The molecule has 0 fully saturated rings. The molecule has 28 heavy (non-hydrogen) atoms. The van der Waals surface area contributed by atoms with Gasteiger partial charge in [0.1, 0.15) is 11.5 Å². The van der Waals surface area contributed by atoms with Crippen molar-refractivity contribution < 1.29 is 31.1 Å². The zero-order chi connectivity index (χ0) is 20.9. The summed E-state index contributed by atoms with van der Waals surface area (Å²) in [6, 6.07) is 6.84. The average Bonchev–Trinajstić information content (AvgIpc) is 2.60. The number of rotatable bonds is 5. The normalized spacial score (nSPS) is 11.6. The summed E-state index contributed by atoms with van der Waals surface area (Å²) in [5.74, 6) is -0.519. The number of nitrogens with one attached hydrogen (secondary N) is 2. The number of anilines is 1. The zero-order valence-corrected chi connectivity index (χ0v) is 14.9. The summed E-state index contributed by atoms with van der Waals surface area (Å²) in [7, 11) is 0. The molecule has 0 aliphatic heterocycles. The molecule has 0 amide bonds. The highest BCUT2D eigenvalue weighted by Gasteiger charge is 2.37. The molecule has 10 heteroatoms. The Balaban J connectivity index is 2.20. The maximum absolute atomic E-state index is 12.9. The lowest BCUT2D eigenvalue weighted by Crippen LogP contribution is -2.28. The highest BCUT2D eigenvalue weighted by molar-refractivity contribution is 7.80. The number of halogens is 6.